The number of benzene rings is 1. The second-order valence-corrected chi connectivity index (χ2v) is 7.65. The van der Waals surface area contributed by atoms with E-state index in [1.165, 1.54) is 6.07 Å². The lowest BCUT2D eigenvalue weighted by atomic mass is 10.2. The van der Waals surface area contributed by atoms with Gasteiger partial charge in [-0.25, -0.2) is 4.39 Å². The maximum atomic E-state index is 14.4. The van der Waals surface area contributed by atoms with Crippen molar-refractivity contribution in [2.75, 3.05) is 18.5 Å². The van der Waals surface area contributed by atoms with Gasteiger partial charge in [0.05, 0.1) is 23.7 Å². The lowest BCUT2D eigenvalue weighted by Crippen LogP contribution is -2.37. The minimum absolute atomic E-state index is 0.0938. The third kappa shape index (κ3) is 3.39. The van der Waals surface area contributed by atoms with Gasteiger partial charge in [-0.1, -0.05) is 0 Å². The van der Waals surface area contributed by atoms with Gasteiger partial charge < -0.3 is 19.7 Å². The number of furan rings is 1. The molecular weight excluding hydrogens is 464 g/mol. The number of aliphatic hydroxyl groups excluding tert-OH is 1. The zero-order chi connectivity index (χ0) is 19.0. The van der Waals surface area contributed by atoms with Crippen LogP contribution in [0.4, 0.5) is 15.8 Å². The maximum Gasteiger partial charge on any atom is 0.292 e. The molecule has 1 saturated heterocycles. The van der Waals surface area contributed by atoms with E-state index >= 15 is 0 Å². The molecule has 3 aromatic rings. The fourth-order valence-corrected chi connectivity index (χ4v) is 3.82. The Morgan fingerprint density at radius 1 is 1.44 bits per heavy atom. The Bertz CT molecular complexity index is 1010. The summed E-state index contributed by atoms with van der Waals surface area (Å²) in [6, 6.07) is 6.23. The first kappa shape index (κ1) is 18.2. The van der Waals surface area contributed by atoms with Crippen molar-refractivity contribution in [3.63, 3.8) is 0 Å². The molecule has 0 saturated carbocycles. The van der Waals surface area contributed by atoms with Gasteiger partial charge in [0, 0.05) is 22.5 Å². The lowest BCUT2D eigenvalue weighted by Gasteiger charge is -2.22. The number of carbonyl (C=O) groups excluding carboxylic acids is 1. The second kappa shape index (κ2) is 7.43. The highest BCUT2D eigenvalue weighted by atomic mass is 127. The Labute approximate surface area is 168 Å². The van der Waals surface area contributed by atoms with Gasteiger partial charge in [0.2, 0.25) is 5.76 Å². The molecule has 2 N–H and O–H groups in total. The molecule has 0 bridgehead atoms. The number of rotatable bonds is 4. The quantitative estimate of drug-likeness (QED) is 0.553. The number of likely N-dealkylation sites (tertiary alicyclic amines) is 1. The van der Waals surface area contributed by atoms with Gasteiger partial charge in [-0.15, -0.1) is 0 Å². The zero-order valence-corrected chi connectivity index (χ0v) is 16.4. The van der Waals surface area contributed by atoms with E-state index in [4.69, 9.17) is 4.42 Å². The van der Waals surface area contributed by atoms with Crippen molar-refractivity contribution in [3.05, 3.63) is 51.8 Å². The molecule has 0 radical (unpaired) electrons. The first-order chi connectivity index (χ1) is 13.1. The van der Waals surface area contributed by atoms with Crippen LogP contribution in [0.2, 0.25) is 0 Å². The van der Waals surface area contributed by atoms with Gasteiger partial charge in [-0.2, -0.15) is 0 Å². The third-order valence-corrected chi connectivity index (χ3v) is 5.39. The van der Waals surface area contributed by atoms with Crippen LogP contribution in [0, 0.1) is 9.39 Å². The van der Waals surface area contributed by atoms with E-state index in [9.17, 15) is 14.3 Å². The fraction of sp³-hybridized carbons (Fsp3) is 0.263. The second-order valence-electron chi connectivity index (χ2n) is 6.40. The summed E-state index contributed by atoms with van der Waals surface area (Å²) in [5, 5.41) is 13.1. The Kier molecular flexibility index (Phi) is 5.00. The molecular formula is C19H17FIN3O3. The number of hydrogen-bond donors (Lipinski definition) is 2. The summed E-state index contributed by atoms with van der Waals surface area (Å²) >= 11 is 2.03. The monoisotopic (exact) mass is 481 g/mol. The Balaban J connectivity index is 1.78. The Hall–Kier alpha value is -2.20. The van der Waals surface area contributed by atoms with Crippen molar-refractivity contribution < 1.29 is 18.7 Å². The van der Waals surface area contributed by atoms with Gasteiger partial charge in [0.1, 0.15) is 17.1 Å². The van der Waals surface area contributed by atoms with E-state index in [-0.39, 0.29) is 30.0 Å². The molecule has 1 atom stereocenters. The Morgan fingerprint density at radius 2 is 2.30 bits per heavy atom. The molecule has 140 valence electrons. The molecule has 6 nitrogen and oxygen atoms in total. The van der Waals surface area contributed by atoms with E-state index in [0.29, 0.717) is 23.2 Å². The fourth-order valence-electron chi connectivity index (χ4n) is 3.37. The molecule has 3 heterocycles. The first-order valence-corrected chi connectivity index (χ1v) is 9.66. The maximum absolute atomic E-state index is 14.4. The van der Waals surface area contributed by atoms with Crippen molar-refractivity contribution in [1.82, 2.24) is 9.88 Å². The van der Waals surface area contributed by atoms with E-state index in [1.54, 1.807) is 35.5 Å². The highest BCUT2D eigenvalue weighted by Gasteiger charge is 2.33. The molecule has 1 fully saturated rings. The van der Waals surface area contributed by atoms with Gasteiger partial charge in [-0.3, -0.25) is 9.78 Å². The van der Waals surface area contributed by atoms with Crippen molar-refractivity contribution in [2.24, 2.45) is 0 Å². The smallest absolute Gasteiger partial charge is 0.292 e. The number of anilines is 2. The number of aliphatic hydroxyl groups is 1. The van der Waals surface area contributed by atoms with Gasteiger partial charge in [0.25, 0.3) is 5.91 Å². The first-order valence-electron chi connectivity index (χ1n) is 8.59. The number of carbonyl (C=O) groups is 1. The van der Waals surface area contributed by atoms with Crippen LogP contribution in [0.1, 0.15) is 23.4 Å². The summed E-state index contributed by atoms with van der Waals surface area (Å²) in [4.78, 5) is 18.8. The summed E-state index contributed by atoms with van der Waals surface area (Å²) in [6.07, 6.45) is 4.73. The summed E-state index contributed by atoms with van der Waals surface area (Å²) in [5.41, 5.74) is 1.12. The van der Waals surface area contributed by atoms with E-state index in [0.717, 1.165) is 16.4 Å². The number of fused-ring (bicyclic) bond motifs is 1. The molecule has 8 heteroatoms. The van der Waals surface area contributed by atoms with Crippen LogP contribution in [-0.4, -0.2) is 40.1 Å². The number of pyridine rings is 1. The average Bonchev–Trinajstić information content (AvgIpc) is 3.28. The normalized spacial score (nSPS) is 16.9. The van der Waals surface area contributed by atoms with Crippen LogP contribution < -0.4 is 5.32 Å². The van der Waals surface area contributed by atoms with Crippen LogP contribution in [0.25, 0.3) is 11.0 Å². The minimum atomic E-state index is -0.423. The molecule has 1 aliphatic heterocycles. The van der Waals surface area contributed by atoms with Crippen LogP contribution in [-0.2, 0) is 0 Å². The van der Waals surface area contributed by atoms with Crippen LogP contribution in [0.15, 0.2) is 41.1 Å². The standard InChI is InChI=1S/C19H17FIN3O3/c20-14-8-11(21)3-4-15(14)23-17-13-9-22-6-5-16(13)27-18(17)19(26)24-7-1-2-12(24)10-25/h3-6,8-9,12,23,25H,1-2,7,10H2. The predicted octanol–water partition coefficient (Wildman–Crippen LogP) is 3.91. The highest BCUT2D eigenvalue weighted by Crippen LogP contribution is 2.35. The van der Waals surface area contributed by atoms with Crippen molar-refractivity contribution in [3.8, 4) is 0 Å². The number of nitrogens with zero attached hydrogens (tertiary/aromatic N) is 2. The SMILES string of the molecule is O=C(c1oc2ccncc2c1Nc1ccc(I)cc1F)N1CCCC1CO. The van der Waals surface area contributed by atoms with Gasteiger partial charge in [-0.05, 0) is 59.7 Å². The molecule has 0 spiro atoms. The average molecular weight is 481 g/mol. The number of amides is 1. The molecule has 4 rings (SSSR count). The van der Waals surface area contributed by atoms with Crippen LogP contribution in [0.5, 0.6) is 0 Å². The molecule has 1 aliphatic rings. The lowest BCUT2D eigenvalue weighted by molar-refractivity contribution is 0.0650. The van der Waals surface area contributed by atoms with Crippen LogP contribution in [0.3, 0.4) is 0 Å². The zero-order valence-electron chi connectivity index (χ0n) is 14.3. The largest absolute Gasteiger partial charge is 0.448 e. The molecule has 27 heavy (non-hydrogen) atoms. The number of hydrogen-bond acceptors (Lipinski definition) is 5. The topological polar surface area (TPSA) is 78.6 Å². The van der Waals surface area contributed by atoms with Crippen molar-refractivity contribution in [1.29, 1.82) is 0 Å². The minimum Gasteiger partial charge on any atom is -0.448 e. The number of halogens is 2. The predicted molar refractivity (Wildman–Crippen MR) is 108 cm³/mol. The summed E-state index contributed by atoms with van der Waals surface area (Å²) in [7, 11) is 0. The highest BCUT2D eigenvalue weighted by molar-refractivity contribution is 14.1. The van der Waals surface area contributed by atoms with E-state index in [2.05, 4.69) is 10.3 Å². The van der Waals surface area contributed by atoms with Gasteiger partial charge in [0.15, 0.2) is 0 Å². The van der Waals surface area contributed by atoms with Crippen molar-refractivity contribution in [2.45, 2.75) is 18.9 Å². The number of aromatic nitrogens is 1. The molecule has 1 unspecified atom stereocenters. The molecule has 0 aliphatic carbocycles. The van der Waals surface area contributed by atoms with E-state index < -0.39 is 5.82 Å². The molecule has 2 aromatic heterocycles. The molecule has 1 amide bonds. The van der Waals surface area contributed by atoms with Gasteiger partial charge >= 0.3 is 0 Å². The number of nitrogens with one attached hydrogen (secondary N) is 1. The Morgan fingerprint density at radius 3 is 3.07 bits per heavy atom. The molecule has 1 aromatic carbocycles. The third-order valence-electron chi connectivity index (χ3n) is 4.72. The van der Waals surface area contributed by atoms with Crippen LogP contribution >= 0.6 is 22.6 Å². The summed E-state index contributed by atoms with van der Waals surface area (Å²) in [5.74, 6) is -0.652. The van der Waals surface area contributed by atoms with Crippen molar-refractivity contribution >= 4 is 50.8 Å². The summed E-state index contributed by atoms with van der Waals surface area (Å²) < 4.78 is 20.9. The summed E-state index contributed by atoms with van der Waals surface area (Å²) in [6.45, 7) is 0.457. The van der Waals surface area contributed by atoms with E-state index in [1.807, 2.05) is 22.6 Å².